The van der Waals surface area contributed by atoms with Crippen molar-refractivity contribution in [3.63, 3.8) is 0 Å². The topological polar surface area (TPSA) is 64.7 Å². The third kappa shape index (κ3) is 2.47. The first kappa shape index (κ1) is 10.4. The second kappa shape index (κ2) is 4.61. The summed E-state index contributed by atoms with van der Waals surface area (Å²) < 4.78 is 3.18. The lowest BCUT2D eigenvalue weighted by Crippen LogP contribution is -2.38. The molecule has 0 fully saturated rings. The van der Waals surface area contributed by atoms with Gasteiger partial charge in [0.1, 0.15) is 6.33 Å². The maximum absolute atomic E-state index is 11.6. The third-order valence-corrected chi connectivity index (χ3v) is 2.13. The van der Waals surface area contributed by atoms with Crippen LogP contribution in [0.4, 0.5) is 4.79 Å². The molecular weight excluding hydrogens is 206 g/mol. The Kier molecular flexibility index (Phi) is 3.00. The highest BCUT2D eigenvalue weighted by Gasteiger charge is 2.08. The van der Waals surface area contributed by atoms with Gasteiger partial charge < -0.3 is 5.32 Å². The Hall–Kier alpha value is -2.11. The molecule has 1 N–H and O–H groups in total. The predicted molar refractivity (Wildman–Crippen MR) is 57.8 cm³/mol. The summed E-state index contributed by atoms with van der Waals surface area (Å²) in [5, 5.41) is 6.92. The lowest BCUT2D eigenvalue weighted by Gasteiger charge is -2.13. The SMILES string of the molecule is CC(Cn1cccn1)NC(=O)n1ccnc1. The van der Waals surface area contributed by atoms with Gasteiger partial charge in [0, 0.05) is 30.8 Å². The summed E-state index contributed by atoms with van der Waals surface area (Å²) in [5.74, 6) is 0. The summed E-state index contributed by atoms with van der Waals surface area (Å²) in [6, 6.07) is 1.68. The number of nitrogens with one attached hydrogen (secondary N) is 1. The third-order valence-electron chi connectivity index (χ3n) is 2.13. The van der Waals surface area contributed by atoms with Crippen LogP contribution in [-0.2, 0) is 6.54 Å². The molecular formula is C10H13N5O. The Bertz CT molecular complexity index is 434. The molecule has 0 aliphatic rings. The monoisotopic (exact) mass is 219 g/mol. The summed E-state index contributed by atoms with van der Waals surface area (Å²) >= 11 is 0. The molecule has 1 atom stereocenters. The number of rotatable bonds is 3. The average Bonchev–Trinajstić information content (AvgIpc) is 2.88. The number of carbonyl (C=O) groups excluding carboxylic acids is 1. The van der Waals surface area contributed by atoms with Crippen LogP contribution in [0.25, 0.3) is 0 Å². The zero-order chi connectivity index (χ0) is 11.4. The Morgan fingerprint density at radius 1 is 1.44 bits per heavy atom. The molecule has 2 aromatic rings. The van der Waals surface area contributed by atoms with Crippen molar-refractivity contribution in [3.8, 4) is 0 Å². The van der Waals surface area contributed by atoms with Crippen molar-refractivity contribution in [2.75, 3.05) is 0 Å². The minimum absolute atomic E-state index is 0.00907. The summed E-state index contributed by atoms with van der Waals surface area (Å²) in [4.78, 5) is 15.4. The molecule has 0 aliphatic heterocycles. The second-order valence-corrected chi connectivity index (χ2v) is 3.55. The van der Waals surface area contributed by atoms with Crippen molar-refractivity contribution in [3.05, 3.63) is 37.2 Å². The van der Waals surface area contributed by atoms with Crippen LogP contribution in [0.2, 0.25) is 0 Å². The fourth-order valence-corrected chi connectivity index (χ4v) is 1.40. The lowest BCUT2D eigenvalue weighted by molar-refractivity contribution is 0.237. The second-order valence-electron chi connectivity index (χ2n) is 3.55. The van der Waals surface area contributed by atoms with Gasteiger partial charge in [0.05, 0.1) is 6.54 Å². The fraction of sp³-hybridized carbons (Fsp3) is 0.300. The Balaban J connectivity index is 1.88. The molecule has 1 amide bonds. The number of hydrogen-bond acceptors (Lipinski definition) is 3. The standard InChI is InChI=1S/C10H13N5O/c1-9(7-15-5-2-3-12-15)13-10(16)14-6-4-11-8-14/h2-6,8-9H,7H2,1H3,(H,13,16). The molecule has 0 spiro atoms. The number of hydrogen-bond donors (Lipinski definition) is 1. The minimum atomic E-state index is -0.183. The van der Waals surface area contributed by atoms with Crippen molar-refractivity contribution < 1.29 is 4.79 Å². The van der Waals surface area contributed by atoms with E-state index in [1.54, 1.807) is 23.3 Å². The van der Waals surface area contributed by atoms with Crippen molar-refractivity contribution in [2.45, 2.75) is 19.5 Å². The van der Waals surface area contributed by atoms with E-state index >= 15 is 0 Å². The quantitative estimate of drug-likeness (QED) is 0.827. The van der Waals surface area contributed by atoms with Gasteiger partial charge in [-0.1, -0.05) is 0 Å². The maximum atomic E-state index is 11.6. The van der Waals surface area contributed by atoms with Gasteiger partial charge in [-0.05, 0) is 13.0 Å². The van der Waals surface area contributed by atoms with E-state index in [9.17, 15) is 4.79 Å². The van der Waals surface area contributed by atoms with Crippen LogP contribution in [0.3, 0.4) is 0 Å². The Labute approximate surface area is 92.9 Å². The van der Waals surface area contributed by atoms with Crippen LogP contribution in [0.1, 0.15) is 6.92 Å². The average molecular weight is 219 g/mol. The van der Waals surface area contributed by atoms with Crippen LogP contribution < -0.4 is 5.32 Å². The highest BCUT2D eigenvalue weighted by Crippen LogP contribution is 1.92. The number of aromatic nitrogens is 4. The van der Waals surface area contributed by atoms with Crippen LogP contribution in [0.5, 0.6) is 0 Å². The maximum Gasteiger partial charge on any atom is 0.327 e. The van der Waals surface area contributed by atoms with Gasteiger partial charge >= 0.3 is 6.03 Å². The molecule has 6 heteroatoms. The summed E-state index contributed by atoms with van der Waals surface area (Å²) in [6.07, 6.45) is 8.22. The summed E-state index contributed by atoms with van der Waals surface area (Å²) in [6.45, 7) is 2.57. The molecule has 16 heavy (non-hydrogen) atoms. The molecule has 0 bridgehead atoms. The molecule has 2 aromatic heterocycles. The van der Waals surface area contributed by atoms with Crippen LogP contribution in [-0.4, -0.2) is 31.4 Å². The van der Waals surface area contributed by atoms with Crippen molar-refractivity contribution >= 4 is 6.03 Å². The molecule has 6 nitrogen and oxygen atoms in total. The summed E-state index contributed by atoms with van der Waals surface area (Å²) in [5.41, 5.74) is 0. The first-order valence-corrected chi connectivity index (χ1v) is 5.02. The van der Waals surface area contributed by atoms with Gasteiger partial charge in [-0.15, -0.1) is 0 Å². The largest absolute Gasteiger partial charge is 0.333 e. The summed E-state index contributed by atoms with van der Waals surface area (Å²) in [7, 11) is 0. The van der Waals surface area contributed by atoms with Gasteiger partial charge in [-0.25, -0.2) is 9.78 Å². The molecule has 0 saturated carbocycles. The number of imidazole rings is 1. The van der Waals surface area contributed by atoms with Crippen molar-refractivity contribution in [1.29, 1.82) is 0 Å². The van der Waals surface area contributed by atoms with Gasteiger partial charge in [0.15, 0.2) is 0 Å². The van der Waals surface area contributed by atoms with Crippen LogP contribution in [0, 0.1) is 0 Å². The first-order chi connectivity index (χ1) is 7.75. The first-order valence-electron chi connectivity index (χ1n) is 5.02. The smallest absolute Gasteiger partial charge is 0.327 e. The minimum Gasteiger partial charge on any atom is -0.333 e. The Morgan fingerprint density at radius 3 is 2.94 bits per heavy atom. The molecule has 84 valence electrons. The van der Waals surface area contributed by atoms with Gasteiger partial charge in [0.2, 0.25) is 0 Å². The zero-order valence-corrected chi connectivity index (χ0v) is 8.95. The van der Waals surface area contributed by atoms with Gasteiger partial charge in [-0.3, -0.25) is 9.25 Å². The van der Waals surface area contributed by atoms with E-state index in [-0.39, 0.29) is 12.1 Å². The van der Waals surface area contributed by atoms with E-state index in [2.05, 4.69) is 15.4 Å². The normalized spacial score (nSPS) is 12.3. The van der Waals surface area contributed by atoms with E-state index in [4.69, 9.17) is 0 Å². The molecule has 0 radical (unpaired) electrons. The molecule has 2 heterocycles. The Morgan fingerprint density at radius 2 is 2.31 bits per heavy atom. The highest BCUT2D eigenvalue weighted by atomic mass is 16.2. The van der Waals surface area contributed by atoms with Crippen molar-refractivity contribution in [1.82, 2.24) is 24.6 Å². The van der Waals surface area contributed by atoms with E-state index in [0.29, 0.717) is 6.54 Å². The number of carbonyl (C=O) groups is 1. The molecule has 0 aliphatic carbocycles. The van der Waals surface area contributed by atoms with E-state index in [1.807, 2.05) is 19.2 Å². The van der Waals surface area contributed by atoms with E-state index in [0.717, 1.165) is 0 Å². The van der Waals surface area contributed by atoms with Crippen LogP contribution in [0.15, 0.2) is 37.2 Å². The molecule has 0 saturated heterocycles. The molecule has 2 rings (SSSR count). The molecule has 1 unspecified atom stereocenters. The van der Waals surface area contributed by atoms with Crippen LogP contribution >= 0.6 is 0 Å². The predicted octanol–water partition coefficient (Wildman–Crippen LogP) is 0.726. The fourth-order valence-electron chi connectivity index (χ4n) is 1.40. The van der Waals surface area contributed by atoms with E-state index < -0.39 is 0 Å². The van der Waals surface area contributed by atoms with Gasteiger partial charge in [0.25, 0.3) is 0 Å². The molecule has 0 aromatic carbocycles. The number of amides is 1. The zero-order valence-electron chi connectivity index (χ0n) is 8.95. The van der Waals surface area contributed by atoms with Crippen molar-refractivity contribution in [2.24, 2.45) is 0 Å². The van der Waals surface area contributed by atoms with E-state index in [1.165, 1.54) is 10.9 Å². The number of nitrogens with zero attached hydrogens (tertiary/aromatic N) is 4. The highest BCUT2D eigenvalue weighted by molar-refractivity contribution is 5.76. The van der Waals surface area contributed by atoms with Gasteiger partial charge in [-0.2, -0.15) is 5.10 Å². The lowest BCUT2D eigenvalue weighted by atomic mass is 10.3.